The second kappa shape index (κ2) is 34.3. The number of nitrogens with zero attached hydrogens (tertiary/aromatic N) is 4. The highest BCUT2D eigenvalue weighted by Crippen LogP contribution is 2.22. The fourth-order valence-corrected chi connectivity index (χ4v) is 7.90. The molecule has 24 nitrogen and oxygen atoms in total. The van der Waals surface area contributed by atoms with Crippen molar-refractivity contribution in [1.82, 2.24) is 30.8 Å². The quantitative estimate of drug-likeness (QED) is 0.0193. The maximum absolute atomic E-state index is 13.5. The number of aliphatic hydroxyl groups excluding tert-OH is 10. The number of hydrogen-bond donors (Lipinski definition) is 16. The van der Waals surface area contributed by atoms with Crippen molar-refractivity contribution in [3.8, 4) is 11.1 Å². The molecule has 19 N–H and O–H groups in total. The number of alkyl carbamates (subject to hydrolysis) is 1. The van der Waals surface area contributed by atoms with Gasteiger partial charge < -0.3 is 83.6 Å². The van der Waals surface area contributed by atoms with E-state index in [2.05, 4.69) is 62.1 Å². The summed E-state index contributed by atoms with van der Waals surface area (Å²) in [4.78, 5) is 52.0. The van der Waals surface area contributed by atoms with E-state index in [1.807, 2.05) is 24.3 Å². The molecule has 75 heavy (non-hydrogen) atoms. The van der Waals surface area contributed by atoms with Crippen LogP contribution >= 0.6 is 11.6 Å². The van der Waals surface area contributed by atoms with Gasteiger partial charge >= 0.3 is 6.09 Å². The number of rotatable bonds is 35. The Morgan fingerprint density at radius 2 is 1.24 bits per heavy atom. The number of hydrogen-bond acceptors (Lipinski definition) is 20. The van der Waals surface area contributed by atoms with Crippen LogP contribution < -0.4 is 33.2 Å². The Kier molecular flexibility index (Phi) is 29.3. The number of carbonyl (C=O) groups excluding carboxylic acids is 3. The highest BCUT2D eigenvalue weighted by atomic mass is 35.5. The number of aliphatic imine (C=N–C) groups is 1. The molecule has 0 saturated carbocycles. The maximum Gasteiger partial charge on any atom is 0.407 e. The molecule has 0 aliphatic heterocycles. The van der Waals surface area contributed by atoms with Gasteiger partial charge in [-0.1, -0.05) is 86.3 Å². The molecule has 2 aromatic carbocycles. The largest absolute Gasteiger partial charge is 0.450 e. The SMILES string of the molecule is CCCCCCOC(=O)N[C@@H](CCCCN(C[C@H](O)[C@@H](O)[C@H](O)[C@H](O)CO)C[C@H](O)[C@@H](O)[C@H](O)[C@H](O)CO)C(=O)NCCCc1ccc(-c2ccc(CCCCN=C(N)NC(=O)c3nc(Cl)c(N)nc3N)cc2)cc1. The lowest BCUT2D eigenvalue weighted by molar-refractivity contribution is -0.130. The van der Waals surface area contributed by atoms with Crippen LogP contribution in [0.3, 0.4) is 0 Å². The minimum Gasteiger partial charge on any atom is -0.450 e. The van der Waals surface area contributed by atoms with Crippen molar-refractivity contribution in [3.63, 3.8) is 0 Å². The van der Waals surface area contributed by atoms with Gasteiger partial charge in [0.25, 0.3) is 5.91 Å². The number of halogens is 1. The van der Waals surface area contributed by atoms with Crippen LogP contribution in [-0.4, -0.2) is 197 Å². The molecule has 1 aromatic heterocycles. The minimum absolute atomic E-state index is 0.0451. The third-order valence-electron chi connectivity index (χ3n) is 12.3. The maximum atomic E-state index is 13.5. The monoisotopic (exact) mass is 1080 g/mol. The molecule has 9 atom stereocenters. The van der Waals surface area contributed by atoms with Gasteiger partial charge in [-0.05, 0) is 86.6 Å². The van der Waals surface area contributed by atoms with Gasteiger partial charge in [0.15, 0.2) is 28.4 Å². The van der Waals surface area contributed by atoms with E-state index in [1.54, 1.807) is 0 Å². The number of aliphatic hydroxyl groups is 10. The molecule has 0 radical (unpaired) electrons. The zero-order valence-electron chi connectivity index (χ0n) is 42.5. The van der Waals surface area contributed by atoms with Gasteiger partial charge in [0.1, 0.15) is 42.7 Å². The van der Waals surface area contributed by atoms with Gasteiger partial charge in [0, 0.05) is 26.2 Å². The summed E-state index contributed by atoms with van der Waals surface area (Å²) < 4.78 is 5.35. The molecule has 0 saturated heterocycles. The number of aryl methyl sites for hydroxylation is 2. The minimum atomic E-state index is -1.94. The number of nitrogens with one attached hydrogen (secondary N) is 3. The van der Waals surface area contributed by atoms with Crippen LogP contribution in [0.25, 0.3) is 11.1 Å². The first kappa shape index (κ1) is 63.9. The van der Waals surface area contributed by atoms with E-state index >= 15 is 0 Å². The number of carbonyl (C=O) groups is 3. The number of unbranched alkanes of at least 4 members (excludes halogenated alkanes) is 5. The standard InChI is InChI=1S/C50H79ClN10O14/c1-2-3-4-9-25-75-50(74)57-34(13-6-8-24-61(26-35(64)40(68)42(70)37(66)28-62)27-36(65)41(69)43(71)38(67)29-63)47(72)55-23-10-12-31-16-20-33(21-17-31)32-18-14-30(15-19-32)11-5-7-22-56-49(54)60-48(73)39-45(52)59-46(53)44(51)58-39/h14-21,34-38,40-43,62-71H,2-13,22-29H2,1H3,(H,55,72)(H,57,74)(H4,52,53,59)(H3,54,56,60,73)/t34-,35-,36-,37+,38+,40+,41+,42+,43+/m0/s1. The molecule has 0 bridgehead atoms. The van der Waals surface area contributed by atoms with Crippen molar-refractivity contribution in [2.75, 3.05) is 64.0 Å². The van der Waals surface area contributed by atoms with Crippen molar-refractivity contribution in [1.29, 1.82) is 0 Å². The van der Waals surface area contributed by atoms with Crippen LogP contribution in [0.4, 0.5) is 16.4 Å². The number of amides is 3. The van der Waals surface area contributed by atoms with Crippen LogP contribution in [-0.2, 0) is 22.4 Å². The van der Waals surface area contributed by atoms with Crippen LogP contribution in [0.2, 0.25) is 5.15 Å². The molecule has 0 fully saturated rings. The van der Waals surface area contributed by atoms with Crippen molar-refractivity contribution < 1.29 is 70.2 Å². The van der Waals surface area contributed by atoms with E-state index in [1.165, 1.54) is 4.90 Å². The number of ether oxygens (including phenoxy) is 1. The Morgan fingerprint density at radius 3 is 1.79 bits per heavy atom. The van der Waals surface area contributed by atoms with Crippen LogP contribution in [0.15, 0.2) is 53.5 Å². The van der Waals surface area contributed by atoms with E-state index in [4.69, 9.17) is 33.5 Å². The van der Waals surface area contributed by atoms with Crippen LogP contribution in [0.5, 0.6) is 0 Å². The Morgan fingerprint density at radius 1 is 0.693 bits per heavy atom. The molecule has 3 aromatic rings. The number of guanidine groups is 1. The third kappa shape index (κ3) is 22.8. The van der Waals surface area contributed by atoms with Gasteiger partial charge in [-0.15, -0.1) is 0 Å². The first-order chi connectivity index (χ1) is 35.8. The summed E-state index contributed by atoms with van der Waals surface area (Å²) in [6, 6.07) is 15.4. The Balaban J connectivity index is 1.52. The topological polar surface area (TPSA) is 418 Å². The smallest absolute Gasteiger partial charge is 0.407 e. The van der Waals surface area contributed by atoms with Crippen molar-refractivity contribution in [2.45, 2.75) is 139 Å². The summed E-state index contributed by atoms with van der Waals surface area (Å²) in [7, 11) is 0. The zero-order chi connectivity index (χ0) is 55.5. The second-order valence-corrected chi connectivity index (χ2v) is 18.7. The molecular weight excluding hydrogens is 1000 g/mol. The number of anilines is 2. The van der Waals surface area contributed by atoms with Gasteiger partial charge in [-0.2, -0.15) is 0 Å². The van der Waals surface area contributed by atoms with Crippen molar-refractivity contribution in [2.24, 2.45) is 10.7 Å². The second-order valence-electron chi connectivity index (χ2n) is 18.3. The third-order valence-corrected chi connectivity index (χ3v) is 12.6. The lowest BCUT2D eigenvalue weighted by Gasteiger charge is -2.33. The van der Waals surface area contributed by atoms with E-state index in [-0.39, 0.29) is 54.4 Å². The van der Waals surface area contributed by atoms with Crippen LogP contribution in [0, 0.1) is 0 Å². The van der Waals surface area contributed by atoms with E-state index in [0.717, 1.165) is 60.8 Å². The molecule has 25 heteroatoms. The molecule has 0 aliphatic rings. The summed E-state index contributed by atoms with van der Waals surface area (Å²) in [6.45, 7) is 0.276. The molecule has 1 heterocycles. The molecule has 420 valence electrons. The first-order valence-corrected chi connectivity index (χ1v) is 25.6. The highest BCUT2D eigenvalue weighted by Gasteiger charge is 2.34. The summed E-state index contributed by atoms with van der Waals surface area (Å²) in [5, 5.41) is 108. The molecule has 3 rings (SSSR count). The van der Waals surface area contributed by atoms with Gasteiger partial charge in [0.05, 0.1) is 32.0 Å². The molecule has 0 spiro atoms. The number of nitrogens with two attached hydrogens (primary N) is 3. The summed E-state index contributed by atoms with van der Waals surface area (Å²) >= 11 is 5.85. The lowest BCUT2D eigenvalue weighted by Crippen LogP contribution is -2.53. The summed E-state index contributed by atoms with van der Waals surface area (Å²) in [6.07, 6.45) is -7.70. The Hall–Kier alpha value is -5.35. The summed E-state index contributed by atoms with van der Waals surface area (Å²) in [5.41, 5.74) is 21.2. The summed E-state index contributed by atoms with van der Waals surface area (Å²) in [5.74, 6) is -1.52. The fourth-order valence-electron chi connectivity index (χ4n) is 7.78. The Labute approximate surface area is 442 Å². The van der Waals surface area contributed by atoms with E-state index in [9.17, 15) is 65.4 Å². The predicted octanol–water partition coefficient (Wildman–Crippen LogP) is -0.903. The average molecular weight is 1080 g/mol. The predicted molar refractivity (Wildman–Crippen MR) is 281 cm³/mol. The average Bonchev–Trinajstić information content (AvgIpc) is 3.40. The molecule has 3 amide bonds. The fraction of sp³-hybridized carbons (Fsp3) is 0.600. The molecule has 0 aliphatic carbocycles. The Bertz CT molecular complexity index is 2150. The lowest BCUT2D eigenvalue weighted by atomic mass is 9.99. The number of nitrogen functional groups attached to an aromatic ring is 2. The first-order valence-electron chi connectivity index (χ1n) is 25.3. The molecule has 0 unspecified atom stereocenters. The molecular formula is C50H79ClN10O14. The van der Waals surface area contributed by atoms with Crippen molar-refractivity contribution in [3.05, 3.63) is 70.5 Å². The zero-order valence-corrected chi connectivity index (χ0v) is 43.2. The number of benzene rings is 2. The van der Waals surface area contributed by atoms with Gasteiger partial charge in [-0.25, -0.2) is 14.8 Å². The number of aromatic nitrogens is 2. The van der Waals surface area contributed by atoms with Gasteiger partial charge in [0.2, 0.25) is 5.91 Å². The van der Waals surface area contributed by atoms with E-state index in [0.29, 0.717) is 38.8 Å². The van der Waals surface area contributed by atoms with E-state index < -0.39 is 99.1 Å². The highest BCUT2D eigenvalue weighted by molar-refractivity contribution is 6.31. The van der Waals surface area contributed by atoms with Crippen LogP contribution in [0.1, 0.15) is 92.7 Å². The normalized spacial score (nSPS) is 15.5. The van der Waals surface area contributed by atoms with Crippen molar-refractivity contribution >= 4 is 47.1 Å². The van der Waals surface area contributed by atoms with Gasteiger partial charge in [-0.3, -0.25) is 24.8 Å².